The number of hydrogen-bond acceptors (Lipinski definition) is 10. The first-order chi connectivity index (χ1) is 16.9. The highest BCUT2D eigenvalue weighted by Gasteiger charge is 2.36. The monoisotopic (exact) mass is 534 g/mol. The van der Waals surface area contributed by atoms with E-state index in [1.165, 1.54) is 49.4 Å². The lowest BCUT2D eigenvalue weighted by molar-refractivity contribution is -0.385. The van der Waals surface area contributed by atoms with Crippen LogP contribution in [0.25, 0.3) is 6.08 Å². The van der Waals surface area contributed by atoms with E-state index in [1.807, 2.05) is 6.92 Å². The smallest absolute Gasteiger partial charge is 0.339 e. The molecule has 1 aliphatic heterocycles. The van der Waals surface area contributed by atoms with Gasteiger partial charge in [0.2, 0.25) is 0 Å². The molecule has 11 nitrogen and oxygen atoms in total. The van der Waals surface area contributed by atoms with Crippen LogP contribution in [0, 0.1) is 17.0 Å². The predicted octanol–water partition coefficient (Wildman–Crippen LogP) is 4.05. The number of thioether (sulfide) groups is 1. The zero-order valence-electron chi connectivity index (χ0n) is 19.5. The quantitative estimate of drug-likeness (QED) is 0.151. The van der Waals surface area contributed by atoms with Gasteiger partial charge < -0.3 is 8.92 Å². The fraction of sp³-hybridized carbons (Fsp3) is 0.261. The minimum atomic E-state index is -4.34. The average Bonchev–Trinajstić information content (AvgIpc) is 3.07. The Morgan fingerprint density at radius 1 is 1.19 bits per heavy atom. The summed E-state index contributed by atoms with van der Waals surface area (Å²) in [4.78, 5) is 47.7. The van der Waals surface area contributed by atoms with Gasteiger partial charge in [-0.25, -0.2) is 0 Å². The van der Waals surface area contributed by atoms with E-state index in [0.717, 1.165) is 11.0 Å². The number of aryl methyl sites for hydroxylation is 1. The molecular weight excluding hydrogens is 512 g/mol. The van der Waals surface area contributed by atoms with Gasteiger partial charge >= 0.3 is 16.1 Å². The van der Waals surface area contributed by atoms with Crippen LogP contribution < -0.4 is 4.18 Å². The van der Waals surface area contributed by atoms with E-state index >= 15 is 0 Å². The van der Waals surface area contributed by atoms with Gasteiger partial charge in [-0.2, -0.15) is 8.42 Å². The average molecular weight is 535 g/mol. The largest absolute Gasteiger partial charge is 0.461 e. The third kappa shape index (κ3) is 6.29. The Kier molecular flexibility index (Phi) is 8.15. The number of rotatable bonds is 9. The first-order valence-electron chi connectivity index (χ1n) is 10.7. The summed E-state index contributed by atoms with van der Waals surface area (Å²) < 4.78 is 35.3. The molecule has 1 saturated heterocycles. The summed E-state index contributed by atoms with van der Waals surface area (Å²) in [6, 6.07) is 9.05. The molecule has 1 heterocycles. The van der Waals surface area contributed by atoms with E-state index in [4.69, 9.17) is 8.92 Å². The minimum absolute atomic E-state index is 0.0590. The van der Waals surface area contributed by atoms with Crippen molar-refractivity contribution in [2.24, 2.45) is 0 Å². The Morgan fingerprint density at radius 3 is 2.47 bits per heavy atom. The van der Waals surface area contributed by atoms with E-state index in [0.29, 0.717) is 29.3 Å². The standard InChI is InChI=1S/C23H22N2O9S2/c1-4-15(3)33-21(26)13-24-22(27)20(35-23(24)28)11-16-6-8-17(9-7-16)34-36(31,32)18-10-5-14(2)19(12-18)25(29)30/h5-12,15H,4,13H2,1-3H3/b20-11-/t15-/m0/s1. The number of carbonyl (C=O) groups excluding carboxylic acids is 3. The molecule has 190 valence electrons. The van der Waals surface area contributed by atoms with Crippen LogP contribution in [0.3, 0.4) is 0 Å². The molecule has 0 bridgehead atoms. The van der Waals surface area contributed by atoms with E-state index < -0.39 is 38.7 Å². The van der Waals surface area contributed by atoms with Gasteiger partial charge in [0.1, 0.15) is 17.2 Å². The number of nitro benzene ring substituents is 1. The number of ether oxygens (including phenoxy) is 1. The van der Waals surface area contributed by atoms with Gasteiger partial charge in [0, 0.05) is 11.6 Å². The molecule has 0 aliphatic carbocycles. The summed E-state index contributed by atoms with van der Waals surface area (Å²) in [5.41, 5.74) is 0.427. The van der Waals surface area contributed by atoms with Gasteiger partial charge in [-0.05, 0) is 61.9 Å². The normalized spacial score (nSPS) is 15.8. The summed E-state index contributed by atoms with van der Waals surface area (Å²) in [7, 11) is -4.34. The van der Waals surface area contributed by atoms with Crippen molar-refractivity contribution in [3.05, 3.63) is 68.6 Å². The molecule has 1 fully saturated rings. The van der Waals surface area contributed by atoms with Gasteiger partial charge in [-0.1, -0.05) is 25.1 Å². The Balaban J connectivity index is 1.71. The number of carbonyl (C=O) groups is 3. The number of esters is 1. The second-order valence-corrected chi connectivity index (χ2v) is 10.3. The zero-order valence-corrected chi connectivity index (χ0v) is 21.1. The summed E-state index contributed by atoms with van der Waals surface area (Å²) >= 11 is 0.668. The fourth-order valence-corrected chi connectivity index (χ4v) is 4.79. The summed E-state index contributed by atoms with van der Waals surface area (Å²) in [5.74, 6) is -1.39. The first-order valence-corrected chi connectivity index (χ1v) is 12.9. The molecule has 13 heteroatoms. The molecular formula is C23H22N2O9S2. The Labute approximate surface area is 211 Å². The number of hydrogen-bond donors (Lipinski definition) is 0. The minimum Gasteiger partial charge on any atom is -0.461 e. The van der Waals surface area contributed by atoms with Crippen molar-refractivity contribution >= 4 is 50.8 Å². The predicted molar refractivity (Wildman–Crippen MR) is 131 cm³/mol. The highest BCUT2D eigenvalue weighted by molar-refractivity contribution is 8.18. The van der Waals surface area contributed by atoms with E-state index in [1.54, 1.807) is 6.92 Å². The number of amides is 2. The van der Waals surface area contributed by atoms with Crippen LogP contribution in [0.1, 0.15) is 31.4 Å². The van der Waals surface area contributed by atoms with Crippen molar-refractivity contribution in [2.75, 3.05) is 6.54 Å². The number of imide groups is 1. The van der Waals surface area contributed by atoms with Crippen molar-refractivity contribution in [1.82, 2.24) is 4.90 Å². The number of nitro groups is 1. The fourth-order valence-electron chi connectivity index (χ4n) is 3.00. The van der Waals surface area contributed by atoms with Crippen LogP contribution in [0.2, 0.25) is 0 Å². The van der Waals surface area contributed by atoms with Gasteiger partial charge in [-0.15, -0.1) is 0 Å². The Bertz CT molecular complexity index is 1350. The Hall–Kier alpha value is -3.71. The van der Waals surface area contributed by atoms with E-state index in [2.05, 4.69) is 0 Å². The van der Waals surface area contributed by atoms with Crippen LogP contribution >= 0.6 is 11.8 Å². The van der Waals surface area contributed by atoms with Gasteiger partial charge in [0.15, 0.2) is 0 Å². The highest BCUT2D eigenvalue weighted by Crippen LogP contribution is 2.32. The third-order valence-electron chi connectivity index (χ3n) is 5.12. The molecule has 1 atom stereocenters. The molecule has 3 rings (SSSR count). The van der Waals surface area contributed by atoms with Crippen molar-refractivity contribution in [3.63, 3.8) is 0 Å². The second kappa shape index (κ2) is 10.9. The first kappa shape index (κ1) is 26.9. The van der Waals surface area contributed by atoms with Gasteiger partial charge in [-0.3, -0.25) is 29.4 Å². The molecule has 2 aromatic carbocycles. The van der Waals surface area contributed by atoms with Gasteiger partial charge in [0.05, 0.1) is 15.9 Å². The second-order valence-electron chi connectivity index (χ2n) is 7.79. The maximum absolute atomic E-state index is 12.6. The van der Waals surface area contributed by atoms with Crippen LogP contribution in [0.15, 0.2) is 52.3 Å². The molecule has 0 unspecified atom stereocenters. The van der Waals surface area contributed by atoms with Crippen LogP contribution in [0.4, 0.5) is 10.5 Å². The molecule has 1 aliphatic rings. The lowest BCUT2D eigenvalue weighted by Crippen LogP contribution is -2.35. The Morgan fingerprint density at radius 2 is 1.86 bits per heavy atom. The SMILES string of the molecule is CC[C@H](C)OC(=O)CN1C(=O)S/C(=C\c2ccc(OS(=O)(=O)c3ccc(C)c([N+](=O)[O-])c3)cc2)C1=O. The topological polar surface area (TPSA) is 150 Å². The molecule has 0 radical (unpaired) electrons. The number of nitrogens with zero attached hydrogens (tertiary/aromatic N) is 2. The van der Waals surface area contributed by atoms with E-state index in [9.17, 15) is 32.9 Å². The van der Waals surface area contributed by atoms with Gasteiger partial charge in [0.25, 0.3) is 16.8 Å². The zero-order chi connectivity index (χ0) is 26.6. The highest BCUT2D eigenvalue weighted by atomic mass is 32.2. The molecule has 0 N–H and O–H groups in total. The van der Waals surface area contributed by atoms with Crippen LogP contribution in [0.5, 0.6) is 5.75 Å². The van der Waals surface area contributed by atoms with Crippen molar-refractivity contribution in [2.45, 2.75) is 38.2 Å². The van der Waals surface area contributed by atoms with Crippen LogP contribution in [-0.4, -0.2) is 48.0 Å². The lowest BCUT2D eigenvalue weighted by Gasteiger charge is -2.14. The maximum Gasteiger partial charge on any atom is 0.339 e. The molecule has 0 saturated carbocycles. The number of benzene rings is 2. The van der Waals surface area contributed by atoms with Crippen LogP contribution in [-0.2, 0) is 24.4 Å². The maximum atomic E-state index is 12.6. The third-order valence-corrected chi connectivity index (χ3v) is 7.27. The van der Waals surface area contributed by atoms with Crippen molar-refractivity contribution < 1.29 is 36.6 Å². The molecule has 0 aromatic heterocycles. The molecule has 2 amide bonds. The van der Waals surface area contributed by atoms with Crippen molar-refractivity contribution in [3.8, 4) is 5.75 Å². The summed E-state index contributed by atoms with van der Waals surface area (Å²) in [6.45, 7) is 4.53. The molecule has 36 heavy (non-hydrogen) atoms. The van der Waals surface area contributed by atoms with Crippen molar-refractivity contribution in [1.29, 1.82) is 0 Å². The summed E-state index contributed by atoms with van der Waals surface area (Å²) in [6.07, 6.45) is 1.69. The molecule has 0 spiro atoms. The van der Waals surface area contributed by atoms with E-state index in [-0.39, 0.29) is 27.3 Å². The molecule has 2 aromatic rings. The summed E-state index contributed by atoms with van der Waals surface area (Å²) in [5, 5.41) is 10.5. The lowest BCUT2D eigenvalue weighted by atomic mass is 10.2.